The third-order valence-corrected chi connectivity index (χ3v) is 2.74. The molecular weight excluding hydrogens is 243 g/mol. The highest BCUT2D eigenvalue weighted by atomic mass is 19.4. The van der Waals surface area contributed by atoms with Crippen molar-refractivity contribution < 1.29 is 18.3 Å². The number of para-hydroxylation sites is 1. The molecule has 18 heavy (non-hydrogen) atoms. The molecule has 2 aromatic rings. The minimum Gasteiger partial charge on any atom is -0.388 e. The van der Waals surface area contributed by atoms with Crippen molar-refractivity contribution >= 4 is 10.9 Å². The fraction of sp³-hybridized carbons (Fsp3) is 0.308. The Labute approximate surface area is 102 Å². The lowest BCUT2D eigenvalue weighted by Gasteiger charge is -2.14. The van der Waals surface area contributed by atoms with Crippen LogP contribution in [0, 0.1) is 0 Å². The number of fused-ring (bicyclic) bond motifs is 1. The summed E-state index contributed by atoms with van der Waals surface area (Å²) in [6.45, 7) is 0. The van der Waals surface area contributed by atoms with E-state index >= 15 is 0 Å². The van der Waals surface area contributed by atoms with E-state index in [9.17, 15) is 18.3 Å². The Bertz CT molecular complexity index is 534. The second kappa shape index (κ2) is 4.94. The molecule has 0 saturated carbocycles. The Morgan fingerprint density at radius 3 is 2.61 bits per heavy atom. The topological polar surface area (TPSA) is 33.1 Å². The Morgan fingerprint density at radius 1 is 1.17 bits per heavy atom. The van der Waals surface area contributed by atoms with Crippen molar-refractivity contribution in [2.45, 2.75) is 25.1 Å². The first-order valence-electron chi connectivity index (χ1n) is 5.56. The van der Waals surface area contributed by atoms with E-state index in [0.717, 1.165) is 0 Å². The zero-order valence-electron chi connectivity index (χ0n) is 9.48. The number of pyridine rings is 1. The number of hydrogen-bond donors (Lipinski definition) is 1. The number of aliphatic hydroxyl groups excluding tert-OH is 1. The third kappa shape index (κ3) is 2.98. The maximum Gasteiger partial charge on any atom is 0.389 e. The molecule has 0 spiro atoms. The minimum atomic E-state index is -4.25. The van der Waals surface area contributed by atoms with Gasteiger partial charge in [-0.2, -0.15) is 13.2 Å². The van der Waals surface area contributed by atoms with Crippen molar-refractivity contribution in [3.05, 3.63) is 42.1 Å². The first-order chi connectivity index (χ1) is 8.47. The summed E-state index contributed by atoms with van der Waals surface area (Å²) in [5.41, 5.74) is 1.16. The molecule has 1 unspecified atom stereocenters. The molecule has 2 rings (SSSR count). The number of benzene rings is 1. The highest BCUT2D eigenvalue weighted by Gasteiger charge is 2.28. The summed E-state index contributed by atoms with van der Waals surface area (Å²) in [5, 5.41) is 10.5. The zero-order valence-corrected chi connectivity index (χ0v) is 9.48. The molecule has 96 valence electrons. The van der Waals surface area contributed by atoms with Crippen LogP contribution in [0.5, 0.6) is 0 Å². The summed E-state index contributed by atoms with van der Waals surface area (Å²) in [5.74, 6) is 0. The standard InChI is InChI=1S/C13H12F3NO/c14-13(15,16)7-5-12(18)10-6-8-17-11-4-2-1-3-9(10)11/h1-4,6,8,12,18H,5,7H2. The van der Waals surface area contributed by atoms with Crippen LogP contribution in [0.15, 0.2) is 36.5 Å². The van der Waals surface area contributed by atoms with Gasteiger partial charge in [-0.3, -0.25) is 4.98 Å². The Balaban J connectivity index is 2.25. The summed E-state index contributed by atoms with van der Waals surface area (Å²) in [6, 6.07) is 8.62. The fourth-order valence-corrected chi connectivity index (χ4v) is 1.86. The average Bonchev–Trinajstić information content (AvgIpc) is 2.34. The van der Waals surface area contributed by atoms with Crippen LogP contribution in [0.25, 0.3) is 10.9 Å². The van der Waals surface area contributed by atoms with Crippen LogP contribution < -0.4 is 0 Å². The molecule has 0 aliphatic rings. The van der Waals surface area contributed by atoms with Gasteiger partial charge in [0.15, 0.2) is 0 Å². The van der Waals surface area contributed by atoms with Crippen LogP contribution in [0.1, 0.15) is 24.5 Å². The smallest absolute Gasteiger partial charge is 0.388 e. The second-order valence-electron chi connectivity index (χ2n) is 4.09. The lowest BCUT2D eigenvalue weighted by Crippen LogP contribution is -2.10. The quantitative estimate of drug-likeness (QED) is 0.908. The molecule has 0 saturated heterocycles. The number of alkyl halides is 3. The van der Waals surface area contributed by atoms with Crippen molar-refractivity contribution in [3.8, 4) is 0 Å². The second-order valence-corrected chi connectivity index (χ2v) is 4.09. The summed E-state index contributed by atoms with van der Waals surface area (Å²) in [7, 11) is 0. The molecule has 0 amide bonds. The van der Waals surface area contributed by atoms with Gasteiger partial charge in [-0.25, -0.2) is 0 Å². The van der Waals surface area contributed by atoms with Gasteiger partial charge in [0.05, 0.1) is 11.6 Å². The van der Waals surface area contributed by atoms with Gasteiger partial charge < -0.3 is 5.11 Å². The predicted molar refractivity (Wildman–Crippen MR) is 62.0 cm³/mol. The zero-order chi connectivity index (χ0) is 13.2. The van der Waals surface area contributed by atoms with Gasteiger partial charge in [-0.1, -0.05) is 18.2 Å². The van der Waals surface area contributed by atoms with Gasteiger partial charge in [0, 0.05) is 18.0 Å². The van der Waals surface area contributed by atoms with Gasteiger partial charge in [0.1, 0.15) is 0 Å². The van der Waals surface area contributed by atoms with E-state index < -0.39 is 18.7 Å². The molecule has 0 aliphatic heterocycles. The van der Waals surface area contributed by atoms with Crippen molar-refractivity contribution in [1.29, 1.82) is 0 Å². The van der Waals surface area contributed by atoms with E-state index in [1.54, 1.807) is 30.3 Å². The summed E-state index contributed by atoms with van der Waals surface area (Å²) >= 11 is 0. The largest absolute Gasteiger partial charge is 0.389 e. The number of halogens is 3. The summed E-state index contributed by atoms with van der Waals surface area (Å²) in [6.07, 6.45) is -5.21. The highest BCUT2D eigenvalue weighted by molar-refractivity contribution is 5.82. The van der Waals surface area contributed by atoms with E-state index in [0.29, 0.717) is 16.5 Å². The lowest BCUT2D eigenvalue weighted by atomic mass is 10.0. The van der Waals surface area contributed by atoms with Crippen molar-refractivity contribution in [2.24, 2.45) is 0 Å². The molecule has 1 N–H and O–H groups in total. The Kier molecular flexibility index (Phi) is 3.52. The molecule has 1 atom stereocenters. The lowest BCUT2D eigenvalue weighted by molar-refractivity contribution is -0.140. The van der Waals surface area contributed by atoms with Crippen LogP contribution >= 0.6 is 0 Å². The first-order valence-corrected chi connectivity index (χ1v) is 5.56. The number of aliphatic hydroxyl groups is 1. The van der Waals surface area contributed by atoms with Gasteiger partial charge in [-0.05, 0) is 24.1 Å². The minimum absolute atomic E-state index is 0.336. The van der Waals surface area contributed by atoms with Crippen LogP contribution in [0.4, 0.5) is 13.2 Å². The maximum absolute atomic E-state index is 12.1. The monoisotopic (exact) mass is 255 g/mol. The Morgan fingerprint density at radius 2 is 1.89 bits per heavy atom. The number of hydrogen-bond acceptors (Lipinski definition) is 2. The van der Waals surface area contributed by atoms with E-state index in [4.69, 9.17) is 0 Å². The van der Waals surface area contributed by atoms with Crippen LogP contribution in [-0.2, 0) is 0 Å². The Hall–Kier alpha value is -1.62. The van der Waals surface area contributed by atoms with E-state index in [2.05, 4.69) is 4.98 Å². The molecule has 0 fully saturated rings. The molecule has 2 nitrogen and oxygen atoms in total. The number of nitrogens with zero attached hydrogens (tertiary/aromatic N) is 1. The molecule has 5 heteroatoms. The van der Waals surface area contributed by atoms with Crippen molar-refractivity contribution in [1.82, 2.24) is 4.98 Å². The predicted octanol–water partition coefficient (Wildman–Crippen LogP) is 3.61. The highest BCUT2D eigenvalue weighted by Crippen LogP contribution is 2.30. The molecule has 1 aromatic carbocycles. The first kappa shape index (κ1) is 12.8. The number of aromatic nitrogens is 1. The molecule has 0 radical (unpaired) electrons. The molecule has 1 aromatic heterocycles. The SMILES string of the molecule is OC(CCC(F)(F)F)c1ccnc2ccccc12. The van der Waals surface area contributed by atoms with E-state index in [1.807, 2.05) is 0 Å². The number of rotatable bonds is 3. The summed E-state index contributed by atoms with van der Waals surface area (Å²) < 4.78 is 36.4. The summed E-state index contributed by atoms with van der Waals surface area (Å²) in [4.78, 5) is 4.10. The van der Waals surface area contributed by atoms with E-state index in [-0.39, 0.29) is 6.42 Å². The van der Waals surface area contributed by atoms with Gasteiger partial charge in [0.2, 0.25) is 0 Å². The molecule has 0 aliphatic carbocycles. The van der Waals surface area contributed by atoms with Crippen molar-refractivity contribution in [2.75, 3.05) is 0 Å². The normalized spacial score (nSPS) is 13.8. The van der Waals surface area contributed by atoms with Crippen molar-refractivity contribution in [3.63, 3.8) is 0 Å². The van der Waals surface area contributed by atoms with Gasteiger partial charge >= 0.3 is 6.18 Å². The maximum atomic E-state index is 12.1. The van der Waals surface area contributed by atoms with Gasteiger partial charge in [-0.15, -0.1) is 0 Å². The van der Waals surface area contributed by atoms with Crippen LogP contribution in [-0.4, -0.2) is 16.3 Å². The van der Waals surface area contributed by atoms with Gasteiger partial charge in [0.25, 0.3) is 0 Å². The molecule has 0 bridgehead atoms. The third-order valence-electron chi connectivity index (χ3n) is 2.74. The molecule has 1 heterocycles. The average molecular weight is 255 g/mol. The van der Waals surface area contributed by atoms with Crippen LogP contribution in [0.3, 0.4) is 0 Å². The van der Waals surface area contributed by atoms with E-state index in [1.165, 1.54) is 6.20 Å². The van der Waals surface area contributed by atoms with Crippen LogP contribution in [0.2, 0.25) is 0 Å². The fourth-order valence-electron chi connectivity index (χ4n) is 1.86. The molecular formula is C13H12F3NO.